The molecular weight excluding hydrogens is 140 g/mol. The molecule has 0 fully saturated rings. The first kappa shape index (κ1) is 7.83. The maximum absolute atomic E-state index is 5.04. The fourth-order valence-electron chi connectivity index (χ4n) is 0.764. The van der Waals surface area contributed by atoms with Gasteiger partial charge in [0.05, 0.1) is 12.2 Å². The molecule has 1 aromatic heterocycles. The van der Waals surface area contributed by atoms with E-state index in [0.29, 0.717) is 13.1 Å². The number of nitrogens with zero attached hydrogens (tertiary/aromatic N) is 1. The quantitative estimate of drug-likeness (QED) is 0.509. The van der Waals surface area contributed by atoms with Gasteiger partial charge in [-0.05, 0) is 6.92 Å². The zero-order valence-electron chi connectivity index (χ0n) is 6.42. The van der Waals surface area contributed by atoms with Crippen molar-refractivity contribution >= 4 is 0 Å². The van der Waals surface area contributed by atoms with Crippen LogP contribution in [0.5, 0.6) is 0 Å². The predicted molar refractivity (Wildman–Crippen MR) is 41.8 cm³/mol. The molecule has 0 saturated carbocycles. The van der Waals surface area contributed by atoms with Crippen molar-refractivity contribution in [1.29, 1.82) is 0 Å². The molecular formula is C8H10N2O. The Hall–Kier alpha value is -1.27. The summed E-state index contributed by atoms with van der Waals surface area (Å²) < 4.78 is 4.85. The van der Waals surface area contributed by atoms with Gasteiger partial charge in [0.1, 0.15) is 5.76 Å². The normalized spacial score (nSPS) is 9.45. The van der Waals surface area contributed by atoms with E-state index in [1.165, 1.54) is 0 Å². The van der Waals surface area contributed by atoms with Crippen molar-refractivity contribution in [2.75, 3.05) is 6.54 Å². The number of terminal acetylenes is 1. The molecule has 0 unspecified atom stereocenters. The molecule has 0 bridgehead atoms. The third kappa shape index (κ3) is 2.44. The third-order valence-corrected chi connectivity index (χ3v) is 1.21. The highest BCUT2D eigenvalue weighted by Gasteiger charge is 1.97. The van der Waals surface area contributed by atoms with Gasteiger partial charge in [0, 0.05) is 12.6 Å². The van der Waals surface area contributed by atoms with E-state index in [9.17, 15) is 0 Å². The molecule has 0 radical (unpaired) electrons. The highest BCUT2D eigenvalue weighted by molar-refractivity contribution is 5.03. The molecule has 1 rings (SSSR count). The minimum Gasteiger partial charge on any atom is -0.361 e. The topological polar surface area (TPSA) is 38.1 Å². The lowest BCUT2D eigenvalue weighted by Gasteiger charge is -1.92. The summed E-state index contributed by atoms with van der Waals surface area (Å²) in [6.07, 6.45) is 5.04. The van der Waals surface area contributed by atoms with Crippen LogP contribution < -0.4 is 5.32 Å². The molecule has 0 saturated heterocycles. The van der Waals surface area contributed by atoms with E-state index >= 15 is 0 Å². The first-order chi connectivity index (χ1) is 5.33. The van der Waals surface area contributed by atoms with Crippen LogP contribution in [0.4, 0.5) is 0 Å². The lowest BCUT2D eigenvalue weighted by Crippen LogP contribution is -2.12. The van der Waals surface area contributed by atoms with Crippen LogP contribution in [0.3, 0.4) is 0 Å². The summed E-state index contributed by atoms with van der Waals surface area (Å²) in [5, 5.41) is 6.79. The number of rotatable bonds is 3. The molecule has 58 valence electrons. The Morgan fingerprint density at radius 3 is 3.18 bits per heavy atom. The second-order valence-corrected chi connectivity index (χ2v) is 2.24. The lowest BCUT2D eigenvalue weighted by atomic mass is 10.4. The van der Waals surface area contributed by atoms with Crippen molar-refractivity contribution in [2.45, 2.75) is 13.5 Å². The van der Waals surface area contributed by atoms with Crippen LogP contribution >= 0.6 is 0 Å². The molecule has 11 heavy (non-hydrogen) atoms. The number of aryl methyl sites for hydroxylation is 1. The van der Waals surface area contributed by atoms with Crippen LogP contribution in [0, 0.1) is 19.3 Å². The van der Waals surface area contributed by atoms with Crippen LogP contribution in [0.15, 0.2) is 10.6 Å². The van der Waals surface area contributed by atoms with E-state index in [0.717, 1.165) is 11.5 Å². The Balaban J connectivity index is 2.34. The second kappa shape index (κ2) is 3.79. The first-order valence-electron chi connectivity index (χ1n) is 3.39. The van der Waals surface area contributed by atoms with E-state index in [-0.39, 0.29) is 0 Å². The smallest absolute Gasteiger partial charge is 0.133 e. The van der Waals surface area contributed by atoms with E-state index in [2.05, 4.69) is 16.4 Å². The molecule has 0 amide bonds. The van der Waals surface area contributed by atoms with E-state index in [1.807, 2.05) is 13.0 Å². The van der Waals surface area contributed by atoms with Crippen molar-refractivity contribution in [3.63, 3.8) is 0 Å². The van der Waals surface area contributed by atoms with Gasteiger partial charge in [0.25, 0.3) is 0 Å². The second-order valence-electron chi connectivity index (χ2n) is 2.24. The molecule has 0 atom stereocenters. The van der Waals surface area contributed by atoms with Gasteiger partial charge in [-0.15, -0.1) is 6.42 Å². The summed E-state index contributed by atoms with van der Waals surface area (Å²) in [6, 6.07) is 1.88. The summed E-state index contributed by atoms with van der Waals surface area (Å²) in [5.41, 5.74) is 0.887. The van der Waals surface area contributed by atoms with Crippen LogP contribution in [-0.2, 0) is 6.54 Å². The van der Waals surface area contributed by atoms with E-state index in [1.54, 1.807) is 0 Å². The number of nitrogens with one attached hydrogen (secondary N) is 1. The predicted octanol–water partition coefficient (Wildman–Crippen LogP) is 0.706. The Morgan fingerprint density at radius 2 is 2.64 bits per heavy atom. The van der Waals surface area contributed by atoms with Crippen molar-refractivity contribution in [2.24, 2.45) is 0 Å². The van der Waals surface area contributed by atoms with Crippen molar-refractivity contribution < 1.29 is 4.52 Å². The lowest BCUT2D eigenvalue weighted by molar-refractivity contribution is 0.389. The molecule has 0 aliphatic carbocycles. The molecule has 0 spiro atoms. The van der Waals surface area contributed by atoms with Crippen molar-refractivity contribution in [3.05, 3.63) is 17.5 Å². The molecule has 1 N–H and O–H groups in total. The molecule has 3 nitrogen and oxygen atoms in total. The molecule has 3 heteroatoms. The third-order valence-electron chi connectivity index (χ3n) is 1.21. The molecule has 0 aliphatic rings. The van der Waals surface area contributed by atoms with Gasteiger partial charge in [-0.25, -0.2) is 0 Å². The standard InChI is InChI=1S/C8H10N2O/c1-3-4-9-6-8-5-7(2)11-10-8/h1,5,9H,4,6H2,2H3. The monoisotopic (exact) mass is 150 g/mol. The van der Waals surface area contributed by atoms with Crippen LogP contribution in [0.25, 0.3) is 0 Å². The molecule has 0 aromatic carbocycles. The Kier molecular flexibility index (Phi) is 2.70. The van der Waals surface area contributed by atoms with E-state index in [4.69, 9.17) is 10.9 Å². The molecule has 0 aliphatic heterocycles. The Labute approximate surface area is 65.8 Å². The molecule has 1 heterocycles. The van der Waals surface area contributed by atoms with Crippen LogP contribution in [0.2, 0.25) is 0 Å². The van der Waals surface area contributed by atoms with Crippen molar-refractivity contribution in [1.82, 2.24) is 10.5 Å². The van der Waals surface area contributed by atoms with Gasteiger partial charge in [-0.1, -0.05) is 11.1 Å². The minimum atomic E-state index is 0.561. The SMILES string of the molecule is C#CCNCc1cc(C)on1. The van der Waals surface area contributed by atoms with Crippen LogP contribution in [0.1, 0.15) is 11.5 Å². The van der Waals surface area contributed by atoms with E-state index < -0.39 is 0 Å². The molecule has 1 aromatic rings. The van der Waals surface area contributed by atoms with Crippen molar-refractivity contribution in [3.8, 4) is 12.3 Å². The summed E-state index contributed by atoms with van der Waals surface area (Å²) >= 11 is 0. The average molecular weight is 150 g/mol. The maximum atomic E-state index is 5.04. The Morgan fingerprint density at radius 1 is 1.82 bits per heavy atom. The highest BCUT2D eigenvalue weighted by atomic mass is 16.5. The van der Waals surface area contributed by atoms with Gasteiger partial charge < -0.3 is 9.84 Å². The van der Waals surface area contributed by atoms with Gasteiger partial charge in [0.2, 0.25) is 0 Å². The van der Waals surface area contributed by atoms with Crippen LogP contribution in [-0.4, -0.2) is 11.7 Å². The zero-order chi connectivity index (χ0) is 8.10. The Bertz CT molecular complexity index is 259. The highest BCUT2D eigenvalue weighted by Crippen LogP contribution is 1.99. The zero-order valence-corrected chi connectivity index (χ0v) is 6.42. The average Bonchev–Trinajstić information content (AvgIpc) is 2.37. The van der Waals surface area contributed by atoms with Gasteiger partial charge in [-0.3, -0.25) is 0 Å². The fraction of sp³-hybridized carbons (Fsp3) is 0.375. The number of hydrogen-bond acceptors (Lipinski definition) is 3. The maximum Gasteiger partial charge on any atom is 0.133 e. The fourth-order valence-corrected chi connectivity index (χ4v) is 0.764. The summed E-state index contributed by atoms with van der Waals surface area (Å²) in [5.74, 6) is 3.30. The first-order valence-corrected chi connectivity index (χ1v) is 3.39. The largest absolute Gasteiger partial charge is 0.361 e. The van der Waals surface area contributed by atoms with Gasteiger partial charge in [0.15, 0.2) is 0 Å². The van der Waals surface area contributed by atoms with Gasteiger partial charge >= 0.3 is 0 Å². The minimum absolute atomic E-state index is 0.561. The number of aromatic nitrogens is 1. The summed E-state index contributed by atoms with van der Waals surface area (Å²) in [6.45, 7) is 3.09. The van der Waals surface area contributed by atoms with Gasteiger partial charge in [-0.2, -0.15) is 0 Å². The number of hydrogen-bond donors (Lipinski definition) is 1. The summed E-state index contributed by atoms with van der Waals surface area (Å²) in [4.78, 5) is 0. The summed E-state index contributed by atoms with van der Waals surface area (Å²) in [7, 11) is 0.